The van der Waals surface area contributed by atoms with Gasteiger partial charge in [-0.25, -0.2) is 4.98 Å². The number of ether oxygens (including phenoxy) is 1. The number of Topliss-reactive ketones (excluding diaryl/α,β-unsaturated/α-hetero) is 1. The third-order valence-electron chi connectivity index (χ3n) is 12.0. The van der Waals surface area contributed by atoms with Gasteiger partial charge in [0.2, 0.25) is 0 Å². The van der Waals surface area contributed by atoms with E-state index in [2.05, 4.69) is 50.9 Å². The molecule has 2 heterocycles. The highest BCUT2D eigenvalue weighted by atomic mass is 35.5. The number of benzene rings is 1. The number of pyridine rings is 1. The van der Waals surface area contributed by atoms with Crippen LogP contribution in [0.5, 0.6) is 5.75 Å². The van der Waals surface area contributed by atoms with E-state index >= 15 is 0 Å². The molecule has 0 spiro atoms. The summed E-state index contributed by atoms with van der Waals surface area (Å²) in [6.07, 6.45) is 13.1. The van der Waals surface area contributed by atoms with Gasteiger partial charge in [0, 0.05) is 40.7 Å². The summed E-state index contributed by atoms with van der Waals surface area (Å²) in [6.45, 7) is 11.4. The minimum Gasteiger partial charge on any atom is -0.489 e. The van der Waals surface area contributed by atoms with E-state index in [9.17, 15) is 10.1 Å². The van der Waals surface area contributed by atoms with Crippen molar-refractivity contribution in [2.75, 3.05) is 13.1 Å². The van der Waals surface area contributed by atoms with Crippen LogP contribution < -0.4 is 10.1 Å². The number of rotatable bonds is 8. The molecule has 3 fully saturated rings. The molecule has 46 heavy (non-hydrogen) atoms. The van der Waals surface area contributed by atoms with Gasteiger partial charge in [-0.1, -0.05) is 58.1 Å². The summed E-state index contributed by atoms with van der Waals surface area (Å²) in [5.41, 5.74) is 2.84. The number of aromatic nitrogens is 1. The monoisotopic (exact) mass is 639 g/mol. The van der Waals surface area contributed by atoms with Crippen LogP contribution in [-0.2, 0) is 6.42 Å². The first-order chi connectivity index (χ1) is 22.1. The van der Waals surface area contributed by atoms with Crippen molar-refractivity contribution in [2.45, 2.75) is 104 Å². The fourth-order valence-electron chi connectivity index (χ4n) is 9.54. The van der Waals surface area contributed by atoms with Crippen LogP contribution in [0.4, 0.5) is 0 Å². The lowest BCUT2D eigenvalue weighted by Crippen LogP contribution is -2.65. The van der Waals surface area contributed by atoms with Crippen molar-refractivity contribution in [3.63, 3.8) is 0 Å². The second-order valence-electron chi connectivity index (χ2n) is 15.7. The summed E-state index contributed by atoms with van der Waals surface area (Å²) in [6, 6.07) is 11.3. The molecule has 1 N–H and O–H groups in total. The maximum absolute atomic E-state index is 13.4. The summed E-state index contributed by atoms with van der Waals surface area (Å²) in [4.78, 5) is 18.3. The van der Waals surface area contributed by atoms with Gasteiger partial charge in [0.15, 0.2) is 5.78 Å². The Morgan fingerprint density at radius 1 is 0.935 bits per heavy atom. The molecule has 6 heteroatoms. The number of halogens is 1. The van der Waals surface area contributed by atoms with Crippen LogP contribution in [-0.4, -0.2) is 30.0 Å². The molecule has 2 saturated carbocycles. The number of nitriles is 1. The molecule has 1 saturated heterocycles. The number of hydrogen-bond donors (Lipinski definition) is 1. The minimum atomic E-state index is -0.0639. The predicted molar refractivity (Wildman–Crippen MR) is 184 cm³/mol. The van der Waals surface area contributed by atoms with Gasteiger partial charge >= 0.3 is 0 Å². The molecule has 1 aliphatic heterocycles. The zero-order valence-electron chi connectivity index (χ0n) is 28.1. The summed E-state index contributed by atoms with van der Waals surface area (Å²) >= 11 is 6.27. The van der Waals surface area contributed by atoms with Crippen LogP contribution in [0.15, 0.2) is 30.3 Å². The molecule has 1 atom stereocenters. The fourth-order valence-corrected chi connectivity index (χ4v) is 9.75. The van der Waals surface area contributed by atoms with E-state index < -0.39 is 0 Å². The minimum absolute atomic E-state index is 0.00245. The van der Waals surface area contributed by atoms with Crippen molar-refractivity contribution in [1.29, 1.82) is 5.26 Å². The maximum Gasteiger partial charge on any atom is 0.168 e. The summed E-state index contributed by atoms with van der Waals surface area (Å²) in [7, 11) is 0. The van der Waals surface area contributed by atoms with Gasteiger partial charge in [-0.3, -0.25) is 4.79 Å². The molecule has 4 aliphatic rings. The quantitative estimate of drug-likeness (QED) is 0.292. The Labute approximate surface area is 281 Å². The molecule has 1 aromatic heterocycles. The number of carbonyl (C=O) groups excluding carboxylic acids is 1. The first kappa shape index (κ1) is 33.1. The van der Waals surface area contributed by atoms with Crippen molar-refractivity contribution >= 4 is 17.4 Å². The third kappa shape index (κ3) is 6.88. The second-order valence-corrected chi connectivity index (χ2v) is 16.1. The van der Waals surface area contributed by atoms with Gasteiger partial charge < -0.3 is 10.1 Å². The molecule has 1 aromatic carbocycles. The molecule has 1 unspecified atom stereocenters. The molecular formula is C40H50ClN3O2. The van der Waals surface area contributed by atoms with Crippen LogP contribution in [0, 0.1) is 63.6 Å². The summed E-state index contributed by atoms with van der Waals surface area (Å²) in [5.74, 6) is 10.5. The van der Waals surface area contributed by atoms with Gasteiger partial charge in [0.25, 0.3) is 0 Å². The van der Waals surface area contributed by atoms with Crippen molar-refractivity contribution < 1.29 is 9.53 Å². The van der Waals surface area contributed by atoms with Crippen LogP contribution >= 0.6 is 11.6 Å². The maximum atomic E-state index is 13.4. The van der Waals surface area contributed by atoms with Crippen molar-refractivity contribution in [2.24, 2.45) is 40.4 Å². The smallest absolute Gasteiger partial charge is 0.168 e. The first-order valence-electron chi connectivity index (χ1n) is 17.7. The number of piperidine rings is 1. The van der Waals surface area contributed by atoms with Gasteiger partial charge in [-0.15, -0.1) is 0 Å². The topological polar surface area (TPSA) is 75.0 Å². The van der Waals surface area contributed by atoms with Crippen LogP contribution in [0.1, 0.15) is 119 Å². The third-order valence-corrected chi connectivity index (χ3v) is 12.3. The van der Waals surface area contributed by atoms with Crippen LogP contribution in [0.25, 0.3) is 0 Å². The van der Waals surface area contributed by atoms with E-state index in [0.29, 0.717) is 34.6 Å². The molecule has 0 bridgehead atoms. The average molecular weight is 640 g/mol. The number of nitrogens with zero attached hydrogens (tertiary/aromatic N) is 2. The fraction of sp³-hybridized carbons (Fsp3) is 0.625. The van der Waals surface area contributed by atoms with Gasteiger partial charge in [-0.05, 0) is 112 Å². The lowest BCUT2D eigenvalue weighted by atomic mass is 9.44. The summed E-state index contributed by atoms with van der Waals surface area (Å²) in [5, 5.41) is 13.1. The molecular weight excluding hydrogens is 590 g/mol. The van der Waals surface area contributed by atoms with E-state index in [1.807, 2.05) is 18.2 Å². The van der Waals surface area contributed by atoms with Gasteiger partial charge in [0.05, 0.1) is 16.3 Å². The molecule has 6 rings (SSSR count). The molecule has 0 radical (unpaired) electrons. The van der Waals surface area contributed by atoms with E-state index in [0.717, 1.165) is 41.6 Å². The lowest BCUT2D eigenvalue weighted by Gasteiger charge is -2.63. The lowest BCUT2D eigenvalue weighted by molar-refractivity contribution is -0.201. The Balaban J connectivity index is 0.994. The van der Waals surface area contributed by atoms with Gasteiger partial charge in [-0.2, -0.15) is 5.26 Å². The zero-order valence-corrected chi connectivity index (χ0v) is 28.9. The SMILES string of the molecule is CC1(C)[C@H](CCC2Cc3nc(C#CC4CCC(CCC5CCNCC5)CC4)ccc3C2=O)C(C)(C)[C@H]1Oc1ccc(C#N)c(Cl)c1. The first-order valence-corrected chi connectivity index (χ1v) is 18.1. The Kier molecular flexibility index (Phi) is 9.85. The van der Waals surface area contributed by atoms with Crippen LogP contribution in [0.3, 0.4) is 0 Å². The number of fused-ring (bicyclic) bond motifs is 1. The van der Waals surface area contributed by atoms with E-state index in [1.165, 1.54) is 64.5 Å². The highest BCUT2D eigenvalue weighted by molar-refractivity contribution is 6.31. The molecule has 3 aliphatic carbocycles. The number of carbonyl (C=O) groups is 1. The standard InChI is InChI=1S/C40H50ClN3O2/c1-39(2)36(40(3,4)38(39)46-32-16-12-30(25-42)34(41)24-32)18-13-29-23-35-33(37(29)45)17-15-31(44-35)14-11-27-7-5-26(6-8-27)9-10-28-19-21-43-22-20-28/h12,15-17,24,26-29,36,38,43H,5-10,13,18-23H2,1-4H3/t26?,27?,29?,36-,38-. The number of ketones is 1. The Morgan fingerprint density at radius 2 is 1.63 bits per heavy atom. The molecule has 244 valence electrons. The second kappa shape index (κ2) is 13.7. The Bertz CT molecular complexity index is 1520. The van der Waals surface area contributed by atoms with E-state index in [1.54, 1.807) is 12.1 Å². The summed E-state index contributed by atoms with van der Waals surface area (Å²) < 4.78 is 6.47. The molecule has 5 nitrogen and oxygen atoms in total. The molecule has 0 amide bonds. The Hall–Kier alpha value is -2.86. The predicted octanol–water partition coefficient (Wildman–Crippen LogP) is 8.81. The number of nitrogens with one attached hydrogen (secondary N) is 1. The Morgan fingerprint density at radius 3 is 2.30 bits per heavy atom. The van der Waals surface area contributed by atoms with Crippen molar-refractivity contribution in [3.8, 4) is 23.7 Å². The normalized spacial score (nSPS) is 28.3. The van der Waals surface area contributed by atoms with Crippen molar-refractivity contribution in [1.82, 2.24) is 10.3 Å². The van der Waals surface area contributed by atoms with E-state index in [-0.39, 0.29) is 28.6 Å². The molecule has 2 aromatic rings. The highest BCUT2D eigenvalue weighted by Gasteiger charge is 2.63. The highest BCUT2D eigenvalue weighted by Crippen LogP contribution is 2.62. The van der Waals surface area contributed by atoms with Crippen LogP contribution in [0.2, 0.25) is 5.02 Å². The van der Waals surface area contributed by atoms with E-state index in [4.69, 9.17) is 21.3 Å². The zero-order chi connectivity index (χ0) is 32.5. The average Bonchev–Trinajstić information content (AvgIpc) is 3.36. The van der Waals surface area contributed by atoms with Crippen molar-refractivity contribution in [3.05, 3.63) is 57.9 Å². The number of hydrogen-bond acceptors (Lipinski definition) is 5. The largest absolute Gasteiger partial charge is 0.489 e. The van der Waals surface area contributed by atoms with Gasteiger partial charge in [0.1, 0.15) is 23.6 Å².